The lowest BCUT2D eigenvalue weighted by molar-refractivity contribution is 0.377. The van der Waals surface area contributed by atoms with Crippen molar-refractivity contribution < 1.29 is 0 Å². The molecule has 1 unspecified atom stereocenters. The summed E-state index contributed by atoms with van der Waals surface area (Å²) in [5.41, 5.74) is 0. The van der Waals surface area contributed by atoms with E-state index < -0.39 is 0 Å². The standard InChI is InChI=1S/C6H13IN2/c1-8-4-3-6(5-8)9(2)7/h6H,3-5H2,1-2H3. The summed E-state index contributed by atoms with van der Waals surface area (Å²) >= 11 is 2.36. The molecule has 0 radical (unpaired) electrons. The smallest absolute Gasteiger partial charge is 0.0330 e. The molecule has 3 heteroatoms. The van der Waals surface area contributed by atoms with E-state index in [0.717, 1.165) is 6.04 Å². The Hall–Kier alpha value is 0.650. The molecule has 0 aliphatic carbocycles. The normalized spacial score (nSPS) is 30.0. The third kappa shape index (κ3) is 2.05. The zero-order chi connectivity index (χ0) is 6.85. The van der Waals surface area contributed by atoms with Crippen LogP contribution in [0.5, 0.6) is 0 Å². The number of halogens is 1. The Bertz CT molecular complexity index is 95.1. The third-order valence-corrected chi connectivity index (χ3v) is 2.66. The van der Waals surface area contributed by atoms with Crippen molar-refractivity contribution in [3.8, 4) is 0 Å². The second-order valence-electron chi connectivity index (χ2n) is 2.73. The minimum atomic E-state index is 0.788. The Morgan fingerprint density at radius 1 is 1.67 bits per heavy atom. The van der Waals surface area contributed by atoms with Gasteiger partial charge in [-0.25, -0.2) is 3.11 Å². The summed E-state index contributed by atoms with van der Waals surface area (Å²) in [7, 11) is 4.32. The van der Waals surface area contributed by atoms with E-state index in [1.54, 1.807) is 0 Å². The van der Waals surface area contributed by atoms with Gasteiger partial charge in [0.15, 0.2) is 0 Å². The van der Waals surface area contributed by atoms with E-state index in [4.69, 9.17) is 0 Å². The molecule has 1 aliphatic heterocycles. The molecule has 0 aromatic rings. The Balaban J connectivity index is 2.30. The van der Waals surface area contributed by atoms with Gasteiger partial charge >= 0.3 is 0 Å². The van der Waals surface area contributed by atoms with Crippen molar-refractivity contribution in [3.63, 3.8) is 0 Å². The average molecular weight is 240 g/mol. The number of hydrogen-bond donors (Lipinski definition) is 0. The molecular weight excluding hydrogens is 227 g/mol. The van der Waals surface area contributed by atoms with E-state index in [1.165, 1.54) is 19.5 Å². The maximum atomic E-state index is 2.37. The fourth-order valence-corrected chi connectivity index (χ4v) is 1.66. The van der Waals surface area contributed by atoms with Gasteiger partial charge in [0.05, 0.1) is 0 Å². The highest BCUT2D eigenvalue weighted by molar-refractivity contribution is 14.1. The molecule has 0 bridgehead atoms. The number of likely N-dealkylation sites (N-methyl/N-ethyl adjacent to an activating group) is 2. The number of hydrogen-bond acceptors (Lipinski definition) is 2. The van der Waals surface area contributed by atoms with Crippen molar-refractivity contribution in [2.75, 3.05) is 27.2 Å². The van der Waals surface area contributed by atoms with Gasteiger partial charge in [0.2, 0.25) is 0 Å². The molecule has 54 valence electrons. The summed E-state index contributed by atoms with van der Waals surface area (Å²) in [6.45, 7) is 2.50. The van der Waals surface area contributed by atoms with Crippen molar-refractivity contribution in [1.29, 1.82) is 0 Å². The van der Waals surface area contributed by atoms with E-state index in [9.17, 15) is 0 Å². The van der Waals surface area contributed by atoms with E-state index in [0.29, 0.717) is 0 Å². The summed E-state index contributed by atoms with van der Waals surface area (Å²) < 4.78 is 2.28. The minimum Gasteiger partial charge on any atom is -0.305 e. The zero-order valence-corrected chi connectivity index (χ0v) is 8.13. The van der Waals surface area contributed by atoms with Crippen LogP contribution in [0.1, 0.15) is 6.42 Å². The van der Waals surface area contributed by atoms with Gasteiger partial charge in [0.25, 0.3) is 0 Å². The van der Waals surface area contributed by atoms with Crippen LogP contribution in [0.25, 0.3) is 0 Å². The van der Waals surface area contributed by atoms with Gasteiger partial charge in [0, 0.05) is 35.5 Å². The van der Waals surface area contributed by atoms with E-state index in [2.05, 4.69) is 45.0 Å². The summed E-state index contributed by atoms with van der Waals surface area (Å²) in [4.78, 5) is 2.37. The Morgan fingerprint density at radius 3 is 2.56 bits per heavy atom. The minimum absolute atomic E-state index is 0.788. The van der Waals surface area contributed by atoms with Crippen LogP contribution in [0.2, 0.25) is 0 Å². The van der Waals surface area contributed by atoms with Gasteiger partial charge < -0.3 is 4.90 Å². The van der Waals surface area contributed by atoms with Crippen LogP contribution in [0.3, 0.4) is 0 Å². The quantitative estimate of drug-likeness (QED) is 0.497. The molecule has 1 rings (SSSR count). The largest absolute Gasteiger partial charge is 0.305 e. The van der Waals surface area contributed by atoms with Crippen molar-refractivity contribution in [1.82, 2.24) is 8.01 Å². The van der Waals surface area contributed by atoms with Crippen LogP contribution >= 0.6 is 22.9 Å². The molecule has 0 saturated carbocycles. The number of nitrogens with zero attached hydrogens (tertiary/aromatic N) is 2. The highest BCUT2D eigenvalue weighted by atomic mass is 127. The van der Waals surface area contributed by atoms with E-state index in [1.807, 2.05) is 0 Å². The third-order valence-electron chi connectivity index (χ3n) is 1.87. The van der Waals surface area contributed by atoms with Gasteiger partial charge in [0.1, 0.15) is 0 Å². The number of rotatable bonds is 1. The van der Waals surface area contributed by atoms with E-state index in [-0.39, 0.29) is 0 Å². The van der Waals surface area contributed by atoms with E-state index >= 15 is 0 Å². The van der Waals surface area contributed by atoms with Crippen LogP contribution in [0.15, 0.2) is 0 Å². The second kappa shape index (κ2) is 3.16. The zero-order valence-electron chi connectivity index (χ0n) is 5.97. The maximum Gasteiger partial charge on any atom is 0.0330 e. The molecule has 0 aromatic heterocycles. The van der Waals surface area contributed by atoms with Crippen LogP contribution < -0.4 is 0 Å². The lowest BCUT2D eigenvalue weighted by atomic mass is 10.3. The van der Waals surface area contributed by atoms with Crippen molar-refractivity contribution >= 4 is 22.9 Å². The lowest BCUT2D eigenvalue weighted by Crippen LogP contribution is -2.25. The highest BCUT2D eigenvalue weighted by Gasteiger charge is 2.21. The van der Waals surface area contributed by atoms with Crippen molar-refractivity contribution in [2.24, 2.45) is 0 Å². The van der Waals surface area contributed by atoms with Gasteiger partial charge in [-0.15, -0.1) is 0 Å². The van der Waals surface area contributed by atoms with Crippen LogP contribution in [-0.2, 0) is 0 Å². The molecule has 0 aromatic carbocycles. The Labute approximate surface area is 70.7 Å². The molecule has 0 spiro atoms. The Morgan fingerprint density at radius 2 is 2.33 bits per heavy atom. The van der Waals surface area contributed by atoms with Gasteiger partial charge in [-0.1, -0.05) is 0 Å². The summed E-state index contributed by atoms with van der Waals surface area (Å²) in [5, 5.41) is 0. The Kier molecular flexibility index (Phi) is 2.73. The summed E-state index contributed by atoms with van der Waals surface area (Å²) in [6.07, 6.45) is 1.33. The predicted molar refractivity (Wildman–Crippen MR) is 47.7 cm³/mol. The average Bonchev–Trinajstić information content (AvgIpc) is 2.14. The van der Waals surface area contributed by atoms with Gasteiger partial charge in [-0.3, -0.25) is 0 Å². The molecule has 1 saturated heterocycles. The molecule has 1 aliphatic rings. The SMILES string of the molecule is CN1CCC(N(C)I)C1. The second-order valence-corrected chi connectivity index (χ2v) is 4.25. The monoisotopic (exact) mass is 240 g/mol. The molecule has 9 heavy (non-hydrogen) atoms. The van der Waals surface area contributed by atoms with Crippen LogP contribution in [0, 0.1) is 0 Å². The molecule has 0 amide bonds. The fraction of sp³-hybridized carbons (Fsp3) is 1.00. The molecule has 1 fully saturated rings. The van der Waals surface area contributed by atoms with Crippen LogP contribution in [0.4, 0.5) is 0 Å². The van der Waals surface area contributed by atoms with Crippen molar-refractivity contribution in [2.45, 2.75) is 12.5 Å². The topological polar surface area (TPSA) is 6.48 Å². The summed E-state index contributed by atoms with van der Waals surface area (Å²) in [6, 6.07) is 0.788. The first kappa shape index (κ1) is 7.75. The predicted octanol–water partition coefficient (Wildman–Crippen LogP) is 0.972. The van der Waals surface area contributed by atoms with Gasteiger partial charge in [-0.2, -0.15) is 0 Å². The molecule has 0 N–H and O–H groups in total. The molecule has 1 heterocycles. The molecular formula is C6H13IN2. The fourth-order valence-electron chi connectivity index (χ4n) is 1.20. The summed E-state index contributed by atoms with van der Waals surface area (Å²) in [5.74, 6) is 0. The first-order chi connectivity index (χ1) is 4.20. The first-order valence-corrected chi connectivity index (χ1v) is 4.24. The lowest BCUT2D eigenvalue weighted by Gasteiger charge is -2.15. The highest BCUT2D eigenvalue weighted by Crippen LogP contribution is 2.14. The first-order valence-electron chi connectivity index (χ1n) is 3.27. The molecule has 2 nitrogen and oxygen atoms in total. The van der Waals surface area contributed by atoms with Crippen LogP contribution in [-0.4, -0.2) is 41.2 Å². The van der Waals surface area contributed by atoms with Gasteiger partial charge in [-0.05, 0) is 27.1 Å². The molecule has 1 atom stereocenters. The maximum absolute atomic E-state index is 2.37. The van der Waals surface area contributed by atoms with Crippen molar-refractivity contribution in [3.05, 3.63) is 0 Å². The number of likely N-dealkylation sites (tertiary alicyclic amines) is 1.